The Morgan fingerprint density at radius 3 is 2.12 bits per heavy atom. The third-order valence-electron chi connectivity index (χ3n) is 3.19. The molecule has 0 saturated heterocycles. The lowest BCUT2D eigenvalue weighted by atomic mass is 9.81. The van der Waals surface area contributed by atoms with E-state index in [9.17, 15) is 0 Å². The summed E-state index contributed by atoms with van der Waals surface area (Å²) in [5, 5.41) is 0. The average Bonchev–Trinajstić information content (AvgIpc) is 2.13. The Morgan fingerprint density at radius 1 is 1.19 bits per heavy atom. The molecule has 0 spiro atoms. The SMILES string of the molecule is CCCCCCCCC1CCC1.O=S([O-])O. The third-order valence-corrected chi connectivity index (χ3v) is 3.19. The van der Waals surface area contributed by atoms with Crippen LogP contribution in [0.2, 0.25) is 0 Å². The minimum atomic E-state index is -2.86. The highest BCUT2D eigenvalue weighted by molar-refractivity contribution is 7.73. The van der Waals surface area contributed by atoms with Crippen LogP contribution in [0.15, 0.2) is 0 Å². The molecule has 1 saturated carbocycles. The first-order chi connectivity index (χ1) is 7.66. The minimum Gasteiger partial charge on any atom is -0.750 e. The molecule has 0 bridgehead atoms. The molecule has 0 aromatic heterocycles. The molecule has 1 aliphatic rings. The summed E-state index contributed by atoms with van der Waals surface area (Å²) in [6.07, 6.45) is 14.9. The smallest absolute Gasteiger partial charge is 0.0814 e. The second kappa shape index (κ2) is 11.6. The Balaban J connectivity index is 0.000000487. The molecule has 1 aliphatic carbocycles. The minimum absolute atomic E-state index is 1.14. The first-order valence-electron chi connectivity index (χ1n) is 6.45. The van der Waals surface area contributed by atoms with Crippen LogP contribution in [0.4, 0.5) is 0 Å². The van der Waals surface area contributed by atoms with Gasteiger partial charge in [0.05, 0.1) is 11.4 Å². The van der Waals surface area contributed by atoms with Crippen LogP contribution in [-0.2, 0) is 11.4 Å². The van der Waals surface area contributed by atoms with Gasteiger partial charge in [-0.1, -0.05) is 71.1 Å². The third kappa shape index (κ3) is 12.1. The van der Waals surface area contributed by atoms with Crippen molar-refractivity contribution in [2.75, 3.05) is 0 Å². The van der Waals surface area contributed by atoms with Crippen molar-refractivity contribution < 1.29 is 13.3 Å². The molecule has 1 rings (SSSR count). The van der Waals surface area contributed by atoms with E-state index in [1.165, 1.54) is 64.2 Å². The first kappa shape index (κ1) is 16.1. The van der Waals surface area contributed by atoms with Gasteiger partial charge in [0, 0.05) is 0 Å². The van der Waals surface area contributed by atoms with Gasteiger partial charge in [-0.25, -0.2) is 4.21 Å². The maximum Gasteiger partial charge on any atom is 0.0814 e. The molecule has 0 aromatic carbocycles. The highest BCUT2D eigenvalue weighted by Crippen LogP contribution is 2.31. The van der Waals surface area contributed by atoms with Crippen LogP contribution >= 0.6 is 0 Å². The molecular weight excluding hydrogens is 224 g/mol. The zero-order valence-electron chi connectivity index (χ0n) is 10.3. The molecule has 0 aliphatic heterocycles. The van der Waals surface area contributed by atoms with Gasteiger partial charge >= 0.3 is 0 Å². The van der Waals surface area contributed by atoms with Crippen molar-refractivity contribution in [3.8, 4) is 0 Å². The van der Waals surface area contributed by atoms with Gasteiger partial charge < -0.3 is 9.11 Å². The van der Waals surface area contributed by atoms with E-state index in [0.717, 1.165) is 5.92 Å². The van der Waals surface area contributed by atoms with Gasteiger partial charge in [-0.3, -0.25) is 0 Å². The van der Waals surface area contributed by atoms with Gasteiger partial charge in [-0.05, 0) is 5.92 Å². The quantitative estimate of drug-likeness (QED) is 0.550. The lowest BCUT2D eigenvalue weighted by Gasteiger charge is -2.24. The van der Waals surface area contributed by atoms with E-state index >= 15 is 0 Å². The molecule has 1 N–H and O–H groups in total. The number of unbranched alkanes of at least 4 members (excludes halogenated alkanes) is 5. The molecule has 0 amide bonds. The zero-order chi connectivity index (χ0) is 12.2. The van der Waals surface area contributed by atoms with Gasteiger partial charge in [0.15, 0.2) is 0 Å². The van der Waals surface area contributed by atoms with E-state index in [4.69, 9.17) is 13.3 Å². The Hall–Kier alpha value is 0.0700. The fraction of sp³-hybridized carbons (Fsp3) is 1.00. The molecule has 16 heavy (non-hydrogen) atoms. The fourth-order valence-corrected chi connectivity index (χ4v) is 1.99. The van der Waals surface area contributed by atoms with Crippen LogP contribution in [0.1, 0.15) is 71.1 Å². The number of hydrogen-bond acceptors (Lipinski definition) is 2. The van der Waals surface area contributed by atoms with Crippen LogP contribution in [0, 0.1) is 5.92 Å². The summed E-state index contributed by atoms with van der Waals surface area (Å²) in [6.45, 7) is 2.29. The highest BCUT2D eigenvalue weighted by atomic mass is 32.2. The van der Waals surface area contributed by atoms with Gasteiger partial charge in [-0.15, -0.1) is 0 Å². The zero-order valence-corrected chi connectivity index (χ0v) is 11.1. The molecule has 1 unspecified atom stereocenters. The molecular formula is C12H25O3S-. The van der Waals surface area contributed by atoms with Crippen molar-refractivity contribution in [2.45, 2.75) is 71.1 Å². The molecule has 1 atom stereocenters. The van der Waals surface area contributed by atoms with Gasteiger partial charge in [0.2, 0.25) is 0 Å². The normalized spacial score (nSPS) is 17.2. The lowest BCUT2D eigenvalue weighted by molar-refractivity contribution is 0.286. The summed E-state index contributed by atoms with van der Waals surface area (Å²) in [5.41, 5.74) is 0. The molecule has 1 fully saturated rings. The predicted molar refractivity (Wildman–Crippen MR) is 66.9 cm³/mol. The summed E-state index contributed by atoms with van der Waals surface area (Å²) in [5.74, 6) is 1.14. The Morgan fingerprint density at radius 2 is 1.69 bits per heavy atom. The summed E-state index contributed by atoms with van der Waals surface area (Å²) >= 11 is -2.86. The van der Waals surface area contributed by atoms with Crippen LogP contribution in [-0.4, -0.2) is 13.3 Å². The largest absolute Gasteiger partial charge is 0.750 e. The summed E-state index contributed by atoms with van der Waals surface area (Å²) in [6, 6.07) is 0. The number of rotatable bonds is 7. The topological polar surface area (TPSA) is 60.4 Å². The monoisotopic (exact) mass is 249 g/mol. The van der Waals surface area contributed by atoms with Crippen molar-refractivity contribution in [3.05, 3.63) is 0 Å². The van der Waals surface area contributed by atoms with Crippen LogP contribution in [0.25, 0.3) is 0 Å². The van der Waals surface area contributed by atoms with Crippen molar-refractivity contribution in [3.63, 3.8) is 0 Å². The van der Waals surface area contributed by atoms with Crippen molar-refractivity contribution in [1.29, 1.82) is 0 Å². The molecule has 0 radical (unpaired) electrons. The molecule has 0 aromatic rings. The van der Waals surface area contributed by atoms with Crippen molar-refractivity contribution >= 4 is 11.4 Å². The predicted octanol–water partition coefficient (Wildman–Crippen LogP) is 3.88. The van der Waals surface area contributed by atoms with Crippen LogP contribution in [0.5, 0.6) is 0 Å². The number of hydrogen-bond donors (Lipinski definition) is 1. The van der Waals surface area contributed by atoms with E-state index in [1.807, 2.05) is 0 Å². The average molecular weight is 249 g/mol. The van der Waals surface area contributed by atoms with Crippen molar-refractivity contribution in [1.82, 2.24) is 0 Å². The van der Waals surface area contributed by atoms with Crippen LogP contribution in [0.3, 0.4) is 0 Å². The molecule has 98 valence electrons. The molecule has 3 nitrogen and oxygen atoms in total. The Kier molecular flexibility index (Phi) is 11.6. The summed E-state index contributed by atoms with van der Waals surface area (Å²) < 4.78 is 24.1. The van der Waals surface area contributed by atoms with E-state index in [1.54, 1.807) is 0 Å². The lowest BCUT2D eigenvalue weighted by Crippen LogP contribution is -2.10. The second-order valence-electron chi connectivity index (χ2n) is 4.57. The summed E-state index contributed by atoms with van der Waals surface area (Å²) in [7, 11) is 0. The van der Waals surface area contributed by atoms with Crippen LogP contribution < -0.4 is 0 Å². The van der Waals surface area contributed by atoms with Gasteiger partial charge in [0.1, 0.15) is 0 Å². The molecule has 4 heteroatoms. The summed E-state index contributed by atoms with van der Waals surface area (Å²) in [4.78, 5) is 0. The van der Waals surface area contributed by atoms with E-state index in [-0.39, 0.29) is 0 Å². The standard InChI is InChI=1S/C12H24.H2O3S/c1-2-3-4-5-6-7-9-12-10-8-11-12;1-4(2)3/h12H,2-11H2,1H3;(H2,1,2,3)/p-1. The highest BCUT2D eigenvalue weighted by Gasteiger charge is 2.15. The van der Waals surface area contributed by atoms with Gasteiger partial charge in [-0.2, -0.15) is 0 Å². The maximum absolute atomic E-state index is 8.56. The second-order valence-corrected chi connectivity index (χ2v) is 5.00. The van der Waals surface area contributed by atoms with E-state index in [2.05, 4.69) is 6.92 Å². The van der Waals surface area contributed by atoms with E-state index in [0.29, 0.717) is 0 Å². The fourth-order valence-electron chi connectivity index (χ4n) is 1.99. The Bertz CT molecular complexity index is 166. The van der Waals surface area contributed by atoms with E-state index < -0.39 is 11.4 Å². The molecule has 0 heterocycles. The first-order valence-corrected chi connectivity index (χ1v) is 7.48. The Labute approximate surface area is 102 Å². The maximum atomic E-state index is 8.56. The van der Waals surface area contributed by atoms with Gasteiger partial charge in [0.25, 0.3) is 0 Å². The van der Waals surface area contributed by atoms with Crippen molar-refractivity contribution in [2.24, 2.45) is 5.92 Å².